The summed E-state index contributed by atoms with van der Waals surface area (Å²) in [5, 5.41) is 15.5. The highest BCUT2D eigenvalue weighted by molar-refractivity contribution is 6.24. The average molecular weight is 1020 g/mol. The normalized spacial score (nSPS) is 14.0. The number of unbranched alkanes of at least 4 members (excludes halogenated alkanes) is 3. The van der Waals surface area contributed by atoms with Crippen molar-refractivity contribution >= 4 is 46.5 Å². The molecule has 3 aromatic carbocycles. The van der Waals surface area contributed by atoms with Gasteiger partial charge < -0.3 is 50.6 Å². The van der Waals surface area contributed by atoms with Crippen molar-refractivity contribution in [3.63, 3.8) is 0 Å². The number of anilines is 3. The molecule has 0 bridgehead atoms. The van der Waals surface area contributed by atoms with E-state index in [4.69, 9.17) is 14.2 Å². The zero-order valence-electron chi connectivity index (χ0n) is 44.6. The van der Waals surface area contributed by atoms with Crippen molar-refractivity contribution in [2.45, 2.75) is 96.9 Å². The number of carbonyl (C=O) groups is 4. The number of fused-ring (bicyclic) bond motifs is 1. The molecule has 2 aliphatic heterocycles. The molecule has 16 nitrogen and oxygen atoms in total. The second-order valence-electron chi connectivity index (χ2n) is 19.6. The minimum atomic E-state index is -0.949. The Bertz CT molecular complexity index is 2420. The van der Waals surface area contributed by atoms with Crippen LogP contribution >= 0.6 is 0 Å². The molecule has 3 aromatic rings. The van der Waals surface area contributed by atoms with Crippen LogP contribution in [0, 0.1) is 0 Å². The lowest BCUT2D eigenvalue weighted by atomic mass is 9.87. The van der Waals surface area contributed by atoms with Crippen molar-refractivity contribution < 1.29 is 33.4 Å². The summed E-state index contributed by atoms with van der Waals surface area (Å²) in [7, 11) is 1.47. The molecule has 2 heterocycles. The predicted molar refractivity (Wildman–Crippen MR) is 298 cm³/mol. The number of aliphatic imine (C=N–C) groups is 1. The van der Waals surface area contributed by atoms with E-state index in [1.807, 2.05) is 19.1 Å². The van der Waals surface area contributed by atoms with Crippen molar-refractivity contribution in [3.05, 3.63) is 133 Å². The molecule has 1 saturated heterocycles. The van der Waals surface area contributed by atoms with Gasteiger partial charge in [0.05, 0.1) is 24.3 Å². The van der Waals surface area contributed by atoms with E-state index < -0.39 is 23.8 Å². The van der Waals surface area contributed by atoms with Crippen LogP contribution in [0.4, 0.5) is 17.1 Å². The van der Waals surface area contributed by atoms with Gasteiger partial charge in [0.2, 0.25) is 11.8 Å². The number of benzene rings is 3. The monoisotopic (exact) mass is 1020 g/mol. The molecule has 0 saturated carbocycles. The Kier molecular flexibility index (Phi) is 23.3. The second kappa shape index (κ2) is 29.7. The highest BCUT2D eigenvalue weighted by Gasteiger charge is 2.44. The minimum Gasteiger partial charge on any atom is -0.487 e. The zero-order valence-corrected chi connectivity index (χ0v) is 44.6. The molecular weight excluding hydrogens is 935 g/mol. The molecule has 5 N–H and O–H groups in total. The summed E-state index contributed by atoms with van der Waals surface area (Å²) < 4.78 is 17.4. The number of nitrogens with one attached hydrogen (secondary N) is 5. The highest BCUT2D eigenvalue weighted by Crippen LogP contribution is 2.33. The number of allylic oxidation sites excluding steroid dienone is 2. The number of hydrogen-bond donors (Lipinski definition) is 5. The maximum atomic E-state index is 13.4. The smallest absolute Gasteiger partial charge is 0.266 e. The number of ether oxygens (including phenoxy) is 3. The van der Waals surface area contributed by atoms with Crippen LogP contribution in [0.1, 0.15) is 112 Å². The van der Waals surface area contributed by atoms with Gasteiger partial charge in [-0.2, -0.15) is 0 Å². The Labute approximate surface area is 439 Å². The zero-order chi connectivity index (χ0) is 53.5. The first-order valence-corrected chi connectivity index (χ1v) is 26.1. The summed E-state index contributed by atoms with van der Waals surface area (Å²) >= 11 is 0. The van der Waals surface area contributed by atoms with Crippen LogP contribution in [0.3, 0.4) is 0 Å². The summed E-state index contributed by atoms with van der Waals surface area (Å²) in [6.07, 6.45) is 8.16. The number of amides is 4. The van der Waals surface area contributed by atoms with Crippen LogP contribution in [0.5, 0.6) is 5.75 Å². The van der Waals surface area contributed by atoms with Gasteiger partial charge in [0.25, 0.3) is 11.8 Å². The molecule has 16 heteroatoms. The Morgan fingerprint density at radius 1 is 0.784 bits per heavy atom. The second-order valence-corrected chi connectivity index (χ2v) is 19.6. The van der Waals surface area contributed by atoms with Gasteiger partial charge in [-0.05, 0) is 105 Å². The molecule has 1 atom stereocenters. The summed E-state index contributed by atoms with van der Waals surface area (Å²) in [5.41, 5.74) is 6.37. The van der Waals surface area contributed by atoms with Crippen LogP contribution in [0.25, 0.3) is 0 Å². The molecule has 2 aliphatic rings. The molecule has 0 spiro atoms. The van der Waals surface area contributed by atoms with Gasteiger partial charge in [-0.25, -0.2) is 4.99 Å². The first-order valence-electron chi connectivity index (χ1n) is 26.1. The van der Waals surface area contributed by atoms with E-state index in [1.54, 1.807) is 24.3 Å². The van der Waals surface area contributed by atoms with Gasteiger partial charge >= 0.3 is 0 Å². The Balaban J connectivity index is 0.824. The first-order chi connectivity index (χ1) is 35.6. The SMILES string of the molecule is C=CCCC(C(=O)NC)N1C(=O)c2cccc(OCC(=C)NCCCOCCOCCCCCCNC(=O)CCC(=C)N3CCN(c4ccc(N/C(C)=N/C(=C)Nc5cccc(C(C)(C)C)c5)cc4)CC3)c2C1=O. The first kappa shape index (κ1) is 58.0. The number of rotatable bonds is 32. The summed E-state index contributed by atoms with van der Waals surface area (Å²) in [4.78, 5) is 62.1. The average Bonchev–Trinajstić information content (AvgIpc) is 3.64. The van der Waals surface area contributed by atoms with E-state index >= 15 is 0 Å². The lowest BCUT2D eigenvalue weighted by Crippen LogP contribution is -2.48. The maximum absolute atomic E-state index is 13.4. The predicted octanol–water partition coefficient (Wildman–Crippen LogP) is 8.77. The molecule has 1 fully saturated rings. The molecule has 0 aliphatic carbocycles. The number of hydrogen-bond acceptors (Lipinski definition) is 12. The number of imide groups is 1. The van der Waals surface area contributed by atoms with Gasteiger partial charge in [0, 0.05) is 94.4 Å². The van der Waals surface area contributed by atoms with E-state index in [9.17, 15) is 19.2 Å². The Morgan fingerprint density at radius 2 is 1.47 bits per heavy atom. The van der Waals surface area contributed by atoms with Crippen LogP contribution < -0.4 is 36.2 Å². The van der Waals surface area contributed by atoms with Crippen molar-refractivity contribution in [1.82, 2.24) is 25.8 Å². The standard InChI is InChI=1S/C58H81N9O7/c1-10-11-22-51(55(69)59-9)67-56(70)50-21-17-23-52(54(50)57(67)71)74-41-42(2)60-31-18-37-73-39-38-72-36-15-13-12-14-30-61-53(68)29-24-43(3)65-32-34-66(35-33-65)49-27-25-47(26-28-49)63-44(4)62-45(5)64-48-20-16-19-46(40-48)58(6,7)8/h10,16-17,19-21,23,25-28,40,51,60,64H,1-3,5,11-15,18,22,24,29-39,41H2,4,6-9H3,(H,59,69)(H,61,68)(H,62,63). The van der Waals surface area contributed by atoms with Gasteiger partial charge in [-0.1, -0.05) is 77.6 Å². The van der Waals surface area contributed by atoms with Gasteiger partial charge in [-0.3, -0.25) is 24.1 Å². The van der Waals surface area contributed by atoms with Crippen LogP contribution in [0.2, 0.25) is 0 Å². The topological polar surface area (TPSA) is 178 Å². The molecule has 0 aromatic heterocycles. The molecule has 400 valence electrons. The number of likely N-dealkylation sites (N-methyl/N-ethyl adjacent to an activating group) is 1. The number of piperazine rings is 1. The molecule has 1 unspecified atom stereocenters. The van der Waals surface area contributed by atoms with Crippen molar-refractivity contribution in [3.8, 4) is 5.75 Å². The van der Waals surface area contributed by atoms with Gasteiger partial charge in [0.1, 0.15) is 30.1 Å². The summed E-state index contributed by atoms with van der Waals surface area (Å²) in [5.74, 6) is 0.137. The fourth-order valence-corrected chi connectivity index (χ4v) is 8.62. The minimum absolute atomic E-state index is 0.0599. The summed E-state index contributed by atoms with van der Waals surface area (Å²) in [6, 6.07) is 20.7. The van der Waals surface area contributed by atoms with Crippen LogP contribution in [0.15, 0.2) is 121 Å². The number of carbonyl (C=O) groups excluding carboxylic acids is 4. The fourth-order valence-electron chi connectivity index (χ4n) is 8.62. The molecule has 0 radical (unpaired) electrons. The van der Waals surface area contributed by atoms with Crippen LogP contribution in [-0.2, 0) is 24.5 Å². The summed E-state index contributed by atoms with van der Waals surface area (Å²) in [6.45, 7) is 31.8. The largest absolute Gasteiger partial charge is 0.487 e. The quantitative estimate of drug-likeness (QED) is 0.0132. The lowest BCUT2D eigenvalue weighted by molar-refractivity contribution is -0.124. The molecule has 74 heavy (non-hydrogen) atoms. The van der Waals surface area contributed by atoms with Crippen LogP contribution in [-0.4, -0.2) is 125 Å². The molecule has 4 amide bonds. The van der Waals surface area contributed by atoms with E-state index in [0.717, 1.165) is 86.1 Å². The Hall–Kier alpha value is -6.91. The van der Waals surface area contributed by atoms with Gasteiger partial charge in [0.15, 0.2) is 0 Å². The third kappa shape index (κ3) is 18.2. The molecule has 5 rings (SSSR count). The van der Waals surface area contributed by atoms with Gasteiger partial charge in [-0.15, -0.1) is 6.58 Å². The maximum Gasteiger partial charge on any atom is 0.266 e. The third-order valence-electron chi connectivity index (χ3n) is 12.8. The van der Waals surface area contributed by atoms with Crippen molar-refractivity contribution in [2.24, 2.45) is 4.99 Å². The van der Waals surface area contributed by atoms with E-state index in [2.05, 4.69) is 125 Å². The van der Waals surface area contributed by atoms with E-state index in [-0.39, 0.29) is 41.2 Å². The highest BCUT2D eigenvalue weighted by atomic mass is 16.5. The van der Waals surface area contributed by atoms with E-state index in [0.29, 0.717) is 70.3 Å². The Morgan fingerprint density at radius 3 is 2.18 bits per heavy atom. The van der Waals surface area contributed by atoms with Crippen molar-refractivity contribution in [1.29, 1.82) is 0 Å². The number of nitrogens with zero attached hydrogens (tertiary/aromatic N) is 4. The fraction of sp³-hybridized carbons (Fsp3) is 0.466. The lowest BCUT2D eigenvalue weighted by Gasteiger charge is -2.38. The third-order valence-corrected chi connectivity index (χ3v) is 12.8. The van der Waals surface area contributed by atoms with Crippen molar-refractivity contribution in [2.75, 3.05) is 94.9 Å². The number of amidine groups is 1. The molecular formula is C58H81N9O7. The van der Waals surface area contributed by atoms with E-state index in [1.165, 1.54) is 18.3 Å².